The summed E-state index contributed by atoms with van der Waals surface area (Å²) >= 11 is 0. The van der Waals surface area contributed by atoms with Crippen LogP contribution in [0.4, 0.5) is 0 Å². The van der Waals surface area contributed by atoms with Gasteiger partial charge in [0.1, 0.15) is 5.75 Å². The average Bonchev–Trinajstić information content (AvgIpc) is 2.17. The maximum absolute atomic E-state index is 9.02. The zero-order valence-electron chi connectivity index (χ0n) is 7.60. The molecular weight excluding hydrogens is 168 g/mol. The van der Waals surface area contributed by atoms with E-state index in [1.807, 2.05) is 12.1 Å². The van der Waals surface area contributed by atoms with E-state index in [9.17, 15) is 0 Å². The summed E-state index contributed by atoms with van der Waals surface area (Å²) in [4.78, 5) is 0. The van der Waals surface area contributed by atoms with Crippen LogP contribution in [0.5, 0.6) is 5.75 Å². The Morgan fingerprint density at radius 3 is 2.38 bits per heavy atom. The Balaban J connectivity index is 2.58. The Kier molecular flexibility index (Phi) is 3.73. The molecule has 0 saturated carbocycles. The topological polar surface area (TPSA) is 49.7 Å². The van der Waals surface area contributed by atoms with Crippen LogP contribution in [0.2, 0.25) is 0 Å². The SMILES string of the molecule is COC(CO)Cc1ccc(O)cc1. The predicted molar refractivity (Wildman–Crippen MR) is 49.7 cm³/mol. The molecule has 0 fully saturated rings. The maximum atomic E-state index is 9.02. The van der Waals surface area contributed by atoms with Crippen LogP contribution < -0.4 is 0 Å². The van der Waals surface area contributed by atoms with Gasteiger partial charge in [0.15, 0.2) is 0 Å². The van der Waals surface area contributed by atoms with Crippen molar-refractivity contribution in [3.63, 3.8) is 0 Å². The minimum Gasteiger partial charge on any atom is -0.508 e. The average molecular weight is 182 g/mol. The highest BCUT2D eigenvalue weighted by atomic mass is 16.5. The molecular formula is C10H14O3. The van der Waals surface area contributed by atoms with Crippen LogP contribution in [-0.4, -0.2) is 30.0 Å². The number of hydrogen-bond acceptors (Lipinski definition) is 3. The quantitative estimate of drug-likeness (QED) is 0.728. The lowest BCUT2D eigenvalue weighted by Gasteiger charge is -2.11. The summed E-state index contributed by atoms with van der Waals surface area (Å²) in [6.45, 7) is 0.0113. The van der Waals surface area contributed by atoms with Crippen LogP contribution in [0, 0.1) is 0 Å². The summed E-state index contributed by atoms with van der Waals surface area (Å²) in [5, 5.41) is 17.9. The van der Waals surface area contributed by atoms with Crippen LogP contribution in [0.15, 0.2) is 24.3 Å². The summed E-state index contributed by atoms with van der Waals surface area (Å²) in [5.74, 6) is 0.252. The number of phenolic OH excluding ortho intramolecular Hbond substituents is 1. The number of rotatable bonds is 4. The van der Waals surface area contributed by atoms with Gasteiger partial charge in [-0.3, -0.25) is 0 Å². The minimum atomic E-state index is -0.162. The first kappa shape index (κ1) is 10.0. The fraction of sp³-hybridized carbons (Fsp3) is 0.400. The van der Waals surface area contributed by atoms with E-state index >= 15 is 0 Å². The van der Waals surface area contributed by atoms with Crippen molar-refractivity contribution in [1.29, 1.82) is 0 Å². The number of phenols is 1. The number of ether oxygens (including phenoxy) is 1. The van der Waals surface area contributed by atoms with E-state index in [4.69, 9.17) is 14.9 Å². The minimum absolute atomic E-state index is 0.0113. The standard InChI is InChI=1S/C10H14O3/c1-13-10(7-11)6-8-2-4-9(12)5-3-8/h2-5,10-12H,6-7H2,1H3. The molecule has 0 radical (unpaired) electrons. The van der Waals surface area contributed by atoms with Crippen molar-refractivity contribution in [1.82, 2.24) is 0 Å². The fourth-order valence-electron chi connectivity index (χ4n) is 1.12. The number of aromatic hydroxyl groups is 1. The molecule has 1 atom stereocenters. The molecule has 1 aromatic rings. The van der Waals surface area contributed by atoms with Crippen molar-refractivity contribution in [3.8, 4) is 5.75 Å². The summed E-state index contributed by atoms with van der Waals surface area (Å²) in [5.41, 5.74) is 1.04. The molecule has 1 aromatic carbocycles. The molecule has 0 aliphatic heterocycles. The van der Waals surface area contributed by atoms with Gasteiger partial charge in [0, 0.05) is 13.5 Å². The van der Waals surface area contributed by atoms with Crippen molar-refractivity contribution >= 4 is 0 Å². The first-order chi connectivity index (χ1) is 6.26. The van der Waals surface area contributed by atoms with E-state index < -0.39 is 0 Å². The molecule has 0 heterocycles. The molecule has 0 saturated heterocycles. The molecule has 72 valence electrons. The third-order valence-corrected chi connectivity index (χ3v) is 1.94. The molecule has 1 rings (SSSR count). The smallest absolute Gasteiger partial charge is 0.115 e. The van der Waals surface area contributed by atoms with Crippen LogP contribution >= 0.6 is 0 Å². The van der Waals surface area contributed by atoms with Gasteiger partial charge in [-0.1, -0.05) is 12.1 Å². The normalized spacial score (nSPS) is 12.8. The van der Waals surface area contributed by atoms with Crippen molar-refractivity contribution in [3.05, 3.63) is 29.8 Å². The Morgan fingerprint density at radius 1 is 1.31 bits per heavy atom. The van der Waals surface area contributed by atoms with E-state index in [1.165, 1.54) is 0 Å². The van der Waals surface area contributed by atoms with Crippen LogP contribution in [0.25, 0.3) is 0 Å². The molecule has 0 spiro atoms. The fourth-order valence-corrected chi connectivity index (χ4v) is 1.12. The van der Waals surface area contributed by atoms with Crippen molar-refractivity contribution in [2.24, 2.45) is 0 Å². The van der Waals surface area contributed by atoms with Crippen LogP contribution in [-0.2, 0) is 11.2 Å². The molecule has 3 heteroatoms. The van der Waals surface area contributed by atoms with Crippen molar-refractivity contribution < 1.29 is 14.9 Å². The summed E-state index contributed by atoms with van der Waals surface area (Å²) < 4.78 is 5.02. The first-order valence-corrected chi connectivity index (χ1v) is 4.18. The van der Waals surface area contributed by atoms with Gasteiger partial charge in [0.05, 0.1) is 12.7 Å². The van der Waals surface area contributed by atoms with Gasteiger partial charge in [-0.2, -0.15) is 0 Å². The second-order valence-corrected chi connectivity index (χ2v) is 2.91. The largest absolute Gasteiger partial charge is 0.508 e. The van der Waals surface area contributed by atoms with Gasteiger partial charge in [0.25, 0.3) is 0 Å². The van der Waals surface area contributed by atoms with E-state index in [-0.39, 0.29) is 18.5 Å². The van der Waals surface area contributed by atoms with E-state index in [0.717, 1.165) is 5.56 Å². The second kappa shape index (κ2) is 4.84. The zero-order valence-corrected chi connectivity index (χ0v) is 7.60. The Bertz CT molecular complexity index is 239. The third kappa shape index (κ3) is 3.05. The van der Waals surface area contributed by atoms with Crippen LogP contribution in [0.3, 0.4) is 0 Å². The van der Waals surface area contributed by atoms with Crippen molar-refractivity contribution in [2.75, 3.05) is 13.7 Å². The Hall–Kier alpha value is -1.06. The van der Waals surface area contributed by atoms with Gasteiger partial charge in [-0.15, -0.1) is 0 Å². The van der Waals surface area contributed by atoms with Crippen LogP contribution in [0.1, 0.15) is 5.56 Å². The van der Waals surface area contributed by atoms with Gasteiger partial charge < -0.3 is 14.9 Å². The molecule has 0 bridgehead atoms. The lowest BCUT2D eigenvalue weighted by atomic mass is 10.1. The number of aliphatic hydroxyl groups excluding tert-OH is 1. The number of aliphatic hydroxyl groups is 1. The molecule has 0 aliphatic rings. The maximum Gasteiger partial charge on any atom is 0.115 e. The number of methoxy groups -OCH3 is 1. The molecule has 3 nitrogen and oxygen atoms in total. The molecule has 13 heavy (non-hydrogen) atoms. The lowest BCUT2D eigenvalue weighted by molar-refractivity contribution is 0.0495. The van der Waals surface area contributed by atoms with E-state index in [0.29, 0.717) is 6.42 Å². The molecule has 0 amide bonds. The van der Waals surface area contributed by atoms with Gasteiger partial charge >= 0.3 is 0 Å². The van der Waals surface area contributed by atoms with Gasteiger partial charge in [-0.05, 0) is 17.7 Å². The highest BCUT2D eigenvalue weighted by Gasteiger charge is 2.05. The van der Waals surface area contributed by atoms with Crippen molar-refractivity contribution in [2.45, 2.75) is 12.5 Å². The predicted octanol–water partition coefficient (Wildman–Crippen LogP) is 0.942. The second-order valence-electron chi connectivity index (χ2n) is 2.91. The highest BCUT2D eigenvalue weighted by Crippen LogP contribution is 2.11. The molecule has 0 aliphatic carbocycles. The molecule has 1 unspecified atom stereocenters. The highest BCUT2D eigenvalue weighted by molar-refractivity contribution is 5.26. The summed E-state index contributed by atoms with van der Waals surface area (Å²) in [6.07, 6.45) is 0.498. The van der Waals surface area contributed by atoms with E-state index in [1.54, 1.807) is 19.2 Å². The third-order valence-electron chi connectivity index (χ3n) is 1.94. The van der Waals surface area contributed by atoms with E-state index in [2.05, 4.69) is 0 Å². The number of benzene rings is 1. The zero-order chi connectivity index (χ0) is 9.68. The summed E-state index contributed by atoms with van der Waals surface area (Å²) in [6, 6.07) is 6.88. The first-order valence-electron chi connectivity index (χ1n) is 4.18. The number of hydrogen-bond donors (Lipinski definition) is 2. The Morgan fingerprint density at radius 2 is 1.92 bits per heavy atom. The van der Waals surface area contributed by atoms with Gasteiger partial charge in [-0.25, -0.2) is 0 Å². The lowest BCUT2D eigenvalue weighted by Crippen LogP contribution is -2.18. The monoisotopic (exact) mass is 182 g/mol. The Labute approximate surface area is 77.6 Å². The molecule has 0 aromatic heterocycles. The molecule has 2 N–H and O–H groups in total. The van der Waals surface area contributed by atoms with Gasteiger partial charge in [0.2, 0.25) is 0 Å². The summed E-state index contributed by atoms with van der Waals surface area (Å²) in [7, 11) is 1.57.